The maximum absolute atomic E-state index is 12.3. The van der Waals surface area contributed by atoms with Gasteiger partial charge in [-0.3, -0.25) is 9.59 Å². The Labute approximate surface area is 181 Å². The molecule has 1 saturated heterocycles. The normalized spacial score (nSPS) is 17.7. The number of hydrogen-bond donors (Lipinski definition) is 2. The third-order valence-corrected chi connectivity index (χ3v) is 6.05. The van der Waals surface area contributed by atoms with E-state index in [1.54, 1.807) is 42.5 Å². The highest BCUT2D eigenvalue weighted by Gasteiger charge is 2.32. The zero-order valence-corrected chi connectivity index (χ0v) is 18.0. The monoisotopic (exact) mass is 444 g/mol. The van der Waals surface area contributed by atoms with E-state index in [9.17, 15) is 14.4 Å². The zero-order chi connectivity index (χ0) is 21.5. The lowest BCUT2D eigenvalue weighted by Gasteiger charge is -2.08. The van der Waals surface area contributed by atoms with Gasteiger partial charge in [-0.2, -0.15) is 5.10 Å². The number of amidine groups is 1. The summed E-state index contributed by atoms with van der Waals surface area (Å²) in [4.78, 5) is 37.1. The molecule has 0 spiro atoms. The SMILES string of the molecule is CCOC(=O)c1ccc(NC(=O)CC2S/C(=N/N=C(\C)c3cccs3)NC2=O)cc1. The second-order valence-electron chi connectivity index (χ2n) is 6.21. The molecule has 1 aliphatic heterocycles. The number of thiophene rings is 1. The van der Waals surface area contributed by atoms with Crippen LogP contribution < -0.4 is 10.6 Å². The molecule has 0 aliphatic carbocycles. The van der Waals surface area contributed by atoms with Crippen molar-refractivity contribution in [3.05, 3.63) is 52.2 Å². The zero-order valence-electron chi connectivity index (χ0n) is 16.4. The number of thioether (sulfide) groups is 1. The van der Waals surface area contributed by atoms with Gasteiger partial charge in [-0.05, 0) is 49.6 Å². The maximum atomic E-state index is 12.3. The first-order valence-corrected chi connectivity index (χ1v) is 10.9. The number of esters is 1. The Hall–Kier alpha value is -2.98. The van der Waals surface area contributed by atoms with E-state index in [2.05, 4.69) is 20.8 Å². The highest BCUT2D eigenvalue weighted by molar-refractivity contribution is 8.15. The molecule has 0 radical (unpaired) electrons. The second-order valence-corrected chi connectivity index (χ2v) is 8.35. The largest absolute Gasteiger partial charge is 0.462 e. The van der Waals surface area contributed by atoms with Crippen LogP contribution >= 0.6 is 23.1 Å². The average Bonchev–Trinajstić information content (AvgIpc) is 3.37. The van der Waals surface area contributed by atoms with Crippen molar-refractivity contribution in [3.63, 3.8) is 0 Å². The molecular formula is C20H20N4O4S2. The van der Waals surface area contributed by atoms with Crippen LogP contribution in [-0.4, -0.2) is 40.5 Å². The molecule has 2 heterocycles. The van der Waals surface area contributed by atoms with E-state index in [4.69, 9.17) is 4.74 Å². The molecule has 1 aliphatic rings. The molecule has 0 bridgehead atoms. The van der Waals surface area contributed by atoms with Crippen molar-refractivity contribution in [3.8, 4) is 0 Å². The van der Waals surface area contributed by atoms with Crippen molar-refractivity contribution in [2.24, 2.45) is 10.2 Å². The van der Waals surface area contributed by atoms with E-state index in [0.29, 0.717) is 23.0 Å². The number of hydrogen-bond acceptors (Lipinski definition) is 8. The summed E-state index contributed by atoms with van der Waals surface area (Å²) in [7, 11) is 0. The van der Waals surface area contributed by atoms with Gasteiger partial charge in [0, 0.05) is 12.1 Å². The first-order valence-electron chi connectivity index (χ1n) is 9.17. The van der Waals surface area contributed by atoms with Crippen LogP contribution in [-0.2, 0) is 14.3 Å². The second kappa shape index (κ2) is 10.2. The molecule has 10 heteroatoms. The van der Waals surface area contributed by atoms with Gasteiger partial charge in [0.15, 0.2) is 5.17 Å². The van der Waals surface area contributed by atoms with Crippen molar-refractivity contribution in [2.75, 3.05) is 11.9 Å². The Morgan fingerprint density at radius 3 is 2.67 bits per heavy atom. The number of amides is 2. The number of carbonyl (C=O) groups is 3. The molecule has 2 amide bonds. The Morgan fingerprint density at radius 1 is 1.23 bits per heavy atom. The van der Waals surface area contributed by atoms with Crippen LogP contribution in [0.25, 0.3) is 0 Å². The lowest BCUT2D eigenvalue weighted by atomic mass is 10.2. The molecule has 1 unspecified atom stereocenters. The third kappa shape index (κ3) is 5.77. The molecular weight excluding hydrogens is 424 g/mol. The Kier molecular flexibility index (Phi) is 7.36. The first kappa shape index (κ1) is 21.7. The number of anilines is 1. The quantitative estimate of drug-likeness (QED) is 0.387. The smallest absolute Gasteiger partial charge is 0.338 e. The number of nitrogens with zero attached hydrogens (tertiary/aromatic N) is 2. The average molecular weight is 445 g/mol. The van der Waals surface area contributed by atoms with Crippen molar-refractivity contribution < 1.29 is 19.1 Å². The van der Waals surface area contributed by atoms with Gasteiger partial charge in [-0.1, -0.05) is 17.8 Å². The van der Waals surface area contributed by atoms with E-state index < -0.39 is 11.2 Å². The van der Waals surface area contributed by atoms with Gasteiger partial charge in [0.1, 0.15) is 5.25 Å². The van der Waals surface area contributed by atoms with Crippen LogP contribution in [0.5, 0.6) is 0 Å². The Balaban J connectivity index is 1.54. The predicted molar refractivity (Wildman–Crippen MR) is 119 cm³/mol. The van der Waals surface area contributed by atoms with Crippen LogP contribution in [0.2, 0.25) is 0 Å². The third-order valence-electron chi connectivity index (χ3n) is 4.00. The fraction of sp³-hybridized carbons (Fsp3) is 0.250. The fourth-order valence-corrected chi connectivity index (χ4v) is 4.12. The number of rotatable bonds is 7. The topological polar surface area (TPSA) is 109 Å². The first-order chi connectivity index (χ1) is 14.5. The molecule has 30 heavy (non-hydrogen) atoms. The molecule has 2 N–H and O–H groups in total. The highest BCUT2D eigenvalue weighted by Crippen LogP contribution is 2.23. The predicted octanol–water partition coefficient (Wildman–Crippen LogP) is 3.27. The van der Waals surface area contributed by atoms with Crippen LogP contribution in [0.15, 0.2) is 52.0 Å². The van der Waals surface area contributed by atoms with Gasteiger partial charge in [-0.25, -0.2) is 4.79 Å². The maximum Gasteiger partial charge on any atom is 0.338 e. The summed E-state index contributed by atoms with van der Waals surface area (Å²) in [5, 5.41) is 15.3. The molecule has 1 aromatic carbocycles. The highest BCUT2D eigenvalue weighted by atomic mass is 32.2. The summed E-state index contributed by atoms with van der Waals surface area (Å²) in [5.41, 5.74) is 1.68. The Bertz CT molecular complexity index is 985. The number of nitrogens with one attached hydrogen (secondary N) is 2. The van der Waals surface area contributed by atoms with Gasteiger partial charge < -0.3 is 15.4 Å². The molecule has 0 saturated carbocycles. The van der Waals surface area contributed by atoms with Gasteiger partial charge in [-0.15, -0.1) is 16.4 Å². The van der Waals surface area contributed by atoms with Crippen LogP contribution in [0.3, 0.4) is 0 Å². The van der Waals surface area contributed by atoms with Gasteiger partial charge in [0.25, 0.3) is 0 Å². The summed E-state index contributed by atoms with van der Waals surface area (Å²) < 4.78 is 4.92. The van der Waals surface area contributed by atoms with E-state index >= 15 is 0 Å². The van der Waals surface area contributed by atoms with Gasteiger partial charge in [0.05, 0.1) is 22.8 Å². The molecule has 1 aromatic heterocycles. The standard InChI is InChI=1S/C20H20N4O4S2/c1-3-28-19(27)13-6-8-14(9-7-13)21-17(25)11-16-18(26)22-20(30-16)24-23-12(2)15-5-4-10-29-15/h4-10,16H,3,11H2,1-2H3,(H,21,25)(H,22,24,26)/b23-12+. The van der Waals surface area contributed by atoms with Crippen LogP contribution in [0, 0.1) is 0 Å². The van der Waals surface area contributed by atoms with Crippen LogP contribution in [0.1, 0.15) is 35.5 Å². The fourth-order valence-electron chi connectivity index (χ4n) is 2.53. The number of benzene rings is 1. The molecule has 156 valence electrons. The van der Waals surface area contributed by atoms with Crippen molar-refractivity contribution in [2.45, 2.75) is 25.5 Å². The molecule has 1 atom stereocenters. The van der Waals surface area contributed by atoms with Crippen molar-refractivity contribution in [1.82, 2.24) is 5.32 Å². The summed E-state index contributed by atoms with van der Waals surface area (Å²) in [6.07, 6.45) is -0.0111. The van der Waals surface area contributed by atoms with Crippen molar-refractivity contribution in [1.29, 1.82) is 0 Å². The molecule has 2 aromatic rings. The van der Waals surface area contributed by atoms with Crippen molar-refractivity contribution >= 4 is 57.4 Å². The van der Waals surface area contributed by atoms with Gasteiger partial charge >= 0.3 is 5.97 Å². The minimum Gasteiger partial charge on any atom is -0.462 e. The molecule has 1 fully saturated rings. The van der Waals surface area contributed by atoms with E-state index in [1.807, 2.05) is 24.4 Å². The molecule has 3 rings (SSSR count). The Morgan fingerprint density at radius 2 is 2.00 bits per heavy atom. The summed E-state index contributed by atoms with van der Waals surface area (Å²) in [6.45, 7) is 3.87. The summed E-state index contributed by atoms with van der Waals surface area (Å²) in [6, 6.07) is 10.2. The lowest BCUT2D eigenvalue weighted by Crippen LogP contribution is -2.28. The van der Waals surface area contributed by atoms with E-state index in [-0.39, 0.29) is 18.2 Å². The summed E-state index contributed by atoms with van der Waals surface area (Å²) in [5.74, 6) is -1.01. The number of ether oxygens (including phenoxy) is 1. The minimum atomic E-state index is -0.584. The number of carbonyl (C=O) groups excluding carboxylic acids is 3. The lowest BCUT2D eigenvalue weighted by molar-refractivity contribution is -0.122. The molecule has 8 nitrogen and oxygen atoms in total. The van der Waals surface area contributed by atoms with E-state index in [1.165, 1.54) is 11.8 Å². The van der Waals surface area contributed by atoms with E-state index in [0.717, 1.165) is 10.6 Å². The van der Waals surface area contributed by atoms with Gasteiger partial charge in [0.2, 0.25) is 11.8 Å². The minimum absolute atomic E-state index is 0.0111. The van der Waals surface area contributed by atoms with Crippen LogP contribution in [0.4, 0.5) is 5.69 Å². The summed E-state index contributed by atoms with van der Waals surface area (Å²) >= 11 is 2.73.